The molecular formula is C19H28O2. The van der Waals surface area contributed by atoms with E-state index in [0.717, 1.165) is 5.56 Å². The van der Waals surface area contributed by atoms with Crippen molar-refractivity contribution < 1.29 is 9.47 Å². The summed E-state index contributed by atoms with van der Waals surface area (Å²) in [6.07, 6.45) is 2.99. The van der Waals surface area contributed by atoms with E-state index in [4.69, 9.17) is 9.47 Å². The number of fused-ring (bicyclic) bond motifs is 1. The smallest absolute Gasteiger partial charge is 0.184 e. The molecular weight excluding hydrogens is 260 g/mol. The molecule has 6 atom stereocenters. The fraction of sp³-hybridized carbons (Fsp3) is 0.684. The second-order valence-corrected chi connectivity index (χ2v) is 7.22. The van der Waals surface area contributed by atoms with Gasteiger partial charge < -0.3 is 9.47 Å². The first kappa shape index (κ1) is 15.1. The Labute approximate surface area is 128 Å². The van der Waals surface area contributed by atoms with Crippen LogP contribution in [0, 0.1) is 23.7 Å². The third-order valence-corrected chi connectivity index (χ3v) is 5.50. The summed E-state index contributed by atoms with van der Waals surface area (Å²) in [4.78, 5) is 0. The van der Waals surface area contributed by atoms with Gasteiger partial charge in [0.15, 0.2) is 6.29 Å². The quantitative estimate of drug-likeness (QED) is 0.777. The van der Waals surface area contributed by atoms with Crippen LogP contribution in [0.25, 0.3) is 0 Å². The number of ether oxygens (including phenoxy) is 2. The van der Waals surface area contributed by atoms with E-state index in [1.165, 1.54) is 12.8 Å². The van der Waals surface area contributed by atoms with Gasteiger partial charge in [0.25, 0.3) is 0 Å². The normalized spacial score (nSPS) is 40.0. The van der Waals surface area contributed by atoms with Crippen LogP contribution >= 0.6 is 0 Å². The Bertz CT molecular complexity index is 456. The fourth-order valence-electron chi connectivity index (χ4n) is 4.28. The van der Waals surface area contributed by atoms with Gasteiger partial charge in [0, 0.05) is 11.5 Å². The molecule has 1 saturated carbocycles. The number of hydrogen-bond acceptors (Lipinski definition) is 2. The van der Waals surface area contributed by atoms with Crippen LogP contribution in [-0.4, -0.2) is 12.2 Å². The average molecular weight is 288 g/mol. The Kier molecular flexibility index (Phi) is 4.37. The molecule has 21 heavy (non-hydrogen) atoms. The zero-order valence-electron chi connectivity index (χ0n) is 13.7. The Morgan fingerprint density at radius 1 is 1.00 bits per heavy atom. The van der Waals surface area contributed by atoms with Crippen LogP contribution in [0.2, 0.25) is 0 Å². The third kappa shape index (κ3) is 2.89. The van der Waals surface area contributed by atoms with E-state index in [-0.39, 0.29) is 12.4 Å². The van der Waals surface area contributed by atoms with Gasteiger partial charge in [0.2, 0.25) is 0 Å². The number of rotatable bonds is 2. The molecule has 0 unspecified atom stereocenters. The van der Waals surface area contributed by atoms with Crippen molar-refractivity contribution in [2.75, 3.05) is 0 Å². The Hall–Kier alpha value is -0.860. The largest absolute Gasteiger partial charge is 0.345 e. The van der Waals surface area contributed by atoms with Crippen molar-refractivity contribution in [3.63, 3.8) is 0 Å². The van der Waals surface area contributed by atoms with Gasteiger partial charge in [-0.05, 0) is 37.5 Å². The summed E-state index contributed by atoms with van der Waals surface area (Å²) in [6.45, 7) is 9.26. The molecule has 2 fully saturated rings. The first-order valence-corrected chi connectivity index (χ1v) is 8.43. The maximum Gasteiger partial charge on any atom is 0.184 e. The Morgan fingerprint density at radius 2 is 1.71 bits per heavy atom. The molecule has 3 rings (SSSR count). The van der Waals surface area contributed by atoms with Gasteiger partial charge in [-0.1, -0.05) is 51.1 Å². The van der Waals surface area contributed by atoms with E-state index < -0.39 is 0 Å². The average Bonchev–Trinajstić information content (AvgIpc) is 2.47. The van der Waals surface area contributed by atoms with E-state index >= 15 is 0 Å². The molecule has 0 spiro atoms. The molecule has 2 heteroatoms. The molecule has 1 aliphatic heterocycles. The van der Waals surface area contributed by atoms with Crippen molar-refractivity contribution in [2.45, 2.75) is 59.0 Å². The molecule has 2 nitrogen and oxygen atoms in total. The molecule has 0 radical (unpaired) electrons. The molecule has 1 aromatic carbocycles. The Balaban J connectivity index is 1.85. The van der Waals surface area contributed by atoms with Gasteiger partial charge in [-0.3, -0.25) is 0 Å². The van der Waals surface area contributed by atoms with Crippen LogP contribution in [0.5, 0.6) is 0 Å². The Morgan fingerprint density at radius 3 is 2.38 bits per heavy atom. The van der Waals surface area contributed by atoms with Crippen LogP contribution in [-0.2, 0) is 9.47 Å². The number of benzene rings is 1. The molecule has 0 amide bonds. The number of hydrogen-bond donors (Lipinski definition) is 0. The molecule has 0 bridgehead atoms. The predicted molar refractivity (Wildman–Crippen MR) is 84.8 cm³/mol. The van der Waals surface area contributed by atoms with Crippen LogP contribution in [0.15, 0.2) is 30.3 Å². The highest BCUT2D eigenvalue weighted by molar-refractivity contribution is 5.16. The van der Waals surface area contributed by atoms with Crippen LogP contribution in [0.3, 0.4) is 0 Å². The van der Waals surface area contributed by atoms with E-state index in [1.807, 2.05) is 6.07 Å². The second-order valence-electron chi connectivity index (χ2n) is 7.22. The highest BCUT2D eigenvalue weighted by Crippen LogP contribution is 2.47. The second kappa shape index (κ2) is 6.10. The summed E-state index contributed by atoms with van der Waals surface area (Å²) >= 11 is 0. The van der Waals surface area contributed by atoms with Gasteiger partial charge in [0.05, 0.1) is 12.2 Å². The zero-order valence-corrected chi connectivity index (χ0v) is 13.7. The minimum absolute atomic E-state index is 0.200. The standard InChI is InChI=1S/C19H28O2/c1-12(2)16-11-10-13(3)17-14(4)20-19(21-18(16)17)15-8-6-5-7-9-15/h5-9,12-14,16-19H,10-11H2,1-4H3/t13-,14-,16+,17-,18+,19-/m1/s1. The molecule has 0 aromatic heterocycles. The summed E-state index contributed by atoms with van der Waals surface area (Å²) in [7, 11) is 0. The van der Waals surface area contributed by atoms with Crippen molar-refractivity contribution in [3.05, 3.63) is 35.9 Å². The molecule has 2 aliphatic rings. The summed E-state index contributed by atoms with van der Waals surface area (Å²) in [5.74, 6) is 2.55. The maximum absolute atomic E-state index is 6.47. The lowest BCUT2D eigenvalue weighted by atomic mass is 9.67. The van der Waals surface area contributed by atoms with Gasteiger partial charge in [-0.25, -0.2) is 0 Å². The summed E-state index contributed by atoms with van der Waals surface area (Å²) < 4.78 is 12.7. The van der Waals surface area contributed by atoms with Gasteiger partial charge >= 0.3 is 0 Å². The van der Waals surface area contributed by atoms with E-state index in [1.54, 1.807) is 0 Å². The molecule has 0 N–H and O–H groups in total. The lowest BCUT2D eigenvalue weighted by Crippen LogP contribution is -2.52. The highest BCUT2D eigenvalue weighted by atomic mass is 16.7. The lowest BCUT2D eigenvalue weighted by molar-refractivity contribution is -0.298. The molecule has 1 saturated heterocycles. The van der Waals surface area contributed by atoms with Gasteiger partial charge in [-0.2, -0.15) is 0 Å². The zero-order chi connectivity index (χ0) is 15.0. The minimum Gasteiger partial charge on any atom is -0.345 e. The van der Waals surface area contributed by atoms with Crippen LogP contribution in [0.4, 0.5) is 0 Å². The van der Waals surface area contributed by atoms with Crippen molar-refractivity contribution >= 4 is 0 Å². The van der Waals surface area contributed by atoms with Gasteiger partial charge in [0.1, 0.15) is 0 Å². The predicted octanol–water partition coefficient (Wildman–Crippen LogP) is 4.81. The van der Waals surface area contributed by atoms with E-state index in [2.05, 4.69) is 52.0 Å². The fourth-order valence-corrected chi connectivity index (χ4v) is 4.28. The van der Waals surface area contributed by atoms with Gasteiger partial charge in [-0.15, -0.1) is 0 Å². The molecule has 1 aliphatic carbocycles. The van der Waals surface area contributed by atoms with Crippen molar-refractivity contribution in [2.24, 2.45) is 23.7 Å². The van der Waals surface area contributed by atoms with Crippen molar-refractivity contribution in [3.8, 4) is 0 Å². The summed E-state index contributed by atoms with van der Waals surface area (Å²) in [5.41, 5.74) is 1.14. The maximum atomic E-state index is 6.47. The molecule has 116 valence electrons. The summed E-state index contributed by atoms with van der Waals surface area (Å²) in [5, 5.41) is 0. The molecule has 1 aromatic rings. The van der Waals surface area contributed by atoms with E-state index in [9.17, 15) is 0 Å². The SMILES string of the molecule is CC(C)[C@@H]1CC[C@@H](C)[C@H]2[C@H]1O[C@H](c1ccccc1)O[C@@H]2C. The van der Waals surface area contributed by atoms with Crippen LogP contribution < -0.4 is 0 Å². The molecule has 1 heterocycles. The van der Waals surface area contributed by atoms with E-state index in [0.29, 0.717) is 29.8 Å². The minimum atomic E-state index is -0.200. The third-order valence-electron chi connectivity index (χ3n) is 5.50. The first-order chi connectivity index (χ1) is 10.1. The van der Waals surface area contributed by atoms with Crippen molar-refractivity contribution in [1.29, 1.82) is 0 Å². The topological polar surface area (TPSA) is 18.5 Å². The summed E-state index contributed by atoms with van der Waals surface area (Å²) in [6, 6.07) is 10.4. The first-order valence-electron chi connectivity index (χ1n) is 8.43. The monoisotopic (exact) mass is 288 g/mol. The lowest BCUT2D eigenvalue weighted by Gasteiger charge is -2.50. The van der Waals surface area contributed by atoms with Crippen molar-refractivity contribution in [1.82, 2.24) is 0 Å². The van der Waals surface area contributed by atoms with Crippen LogP contribution in [0.1, 0.15) is 52.4 Å². The highest BCUT2D eigenvalue weighted by Gasteiger charge is 2.47.